The number of unbranched alkanes of at least 4 members (excludes halogenated alkanes) is 1. The van der Waals surface area contributed by atoms with E-state index in [2.05, 4.69) is 33.5 Å². The molecule has 5 nitrogen and oxygen atoms in total. The Balaban J connectivity index is 0.00000264. The van der Waals surface area contributed by atoms with Crippen molar-refractivity contribution in [3.05, 3.63) is 24.2 Å². The third-order valence-corrected chi connectivity index (χ3v) is 4.21. The van der Waals surface area contributed by atoms with E-state index in [-0.39, 0.29) is 30.0 Å². The van der Waals surface area contributed by atoms with Gasteiger partial charge >= 0.3 is 0 Å². The van der Waals surface area contributed by atoms with Gasteiger partial charge < -0.3 is 15.1 Å². The third kappa shape index (κ3) is 6.71. The molecule has 2 N–H and O–H groups in total. The number of hydrogen-bond acceptors (Lipinski definition) is 3. The van der Waals surface area contributed by atoms with Crippen LogP contribution in [0.1, 0.15) is 50.8 Å². The SMILES string of the molecule is CCCCNC(=NC)NCC(c1ccco1)N1CCCCC1.I. The van der Waals surface area contributed by atoms with Gasteiger partial charge in [0, 0.05) is 20.1 Å². The van der Waals surface area contributed by atoms with Crippen molar-refractivity contribution in [2.24, 2.45) is 4.99 Å². The third-order valence-electron chi connectivity index (χ3n) is 4.21. The highest BCUT2D eigenvalue weighted by Gasteiger charge is 2.24. The van der Waals surface area contributed by atoms with Crippen LogP contribution in [0.3, 0.4) is 0 Å². The van der Waals surface area contributed by atoms with Crippen molar-refractivity contribution in [1.29, 1.82) is 0 Å². The second kappa shape index (κ2) is 11.7. The molecule has 2 rings (SSSR count). The Labute approximate surface area is 157 Å². The van der Waals surface area contributed by atoms with Gasteiger partial charge in [-0.3, -0.25) is 9.89 Å². The van der Waals surface area contributed by atoms with Gasteiger partial charge in [-0.05, 0) is 44.5 Å². The zero-order valence-electron chi connectivity index (χ0n) is 14.4. The van der Waals surface area contributed by atoms with Crippen LogP contribution in [-0.4, -0.2) is 44.1 Å². The van der Waals surface area contributed by atoms with Crippen molar-refractivity contribution in [2.45, 2.75) is 45.1 Å². The summed E-state index contributed by atoms with van der Waals surface area (Å²) < 4.78 is 5.67. The van der Waals surface area contributed by atoms with Gasteiger partial charge in [0.15, 0.2) is 5.96 Å². The minimum absolute atomic E-state index is 0. The highest BCUT2D eigenvalue weighted by Crippen LogP contribution is 2.24. The van der Waals surface area contributed by atoms with Gasteiger partial charge in [0.25, 0.3) is 0 Å². The van der Waals surface area contributed by atoms with E-state index < -0.39 is 0 Å². The van der Waals surface area contributed by atoms with E-state index in [0.29, 0.717) is 0 Å². The van der Waals surface area contributed by atoms with Crippen molar-refractivity contribution >= 4 is 29.9 Å². The first-order valence-corrected chi connectivity index (χ1v) is 8.57. The summed E-state index contributed by atoms with van der Waals surface area (Å²) in [5.74, 6) is 1.92. The average Bonchev–Trinajstić information content (AvgIpc) is 3.09. The summed E-state index contributed by atoms with van der Waals surface area (Å²) in [5, 5.41) is 6.81. The van der Waals surface area contributed by atoms with Crippen LogP contribution < -0.4 is 10.6 Å². The Morgan fingerprint density at radius 1 is 1.30 bits per heavy atom. The zero-order chi connectivity index (χ0) is 15.6. The molecule has 0 spiro atoms. The summed E-state index contributed by atoms with van der Waals surface area (Å²) >= 11 is 0. The van der Waals surface area contributed by atoms with Crippen LogP contribution in [0.4, 0.5) is 0 Å². The molecule has 1 unspecified atom stereocenters. The topological polar surface area (TPSA) is 52.8 Å². The zero-order valence-corrected chi connectivity index (χ0v) is 16.7. The van der Waals surface area contributed by atoms with Crippen molar-refractivity contribution in [3.63, 3.8) is 0 Å². The Morgan fingerprint density at radius 2 is 2.09 bits per heavy atom. The first-order chi connectivity index (χ1) is 10.8. The second-order valence-corrected chi connectivity index (χ2v) is 5.86. The maximum absolute atomic E-state index is 5.67. The largest absolute Gasteiger partial charge is 0.468 e. The van der Waals surface area contributed by atoms with E-state index in [4.69, 9.17) is 4.42 Å². The van der Waals surface area contributed by atoms with E-state index in [9.17, 15) is 0 Å². The molecule has 0 saturated carbocycles. The number of rotatable bonds is 7. The Hall–Kier alpha value is -0.760. The van der Waals surface area contributed by atoms with E-state index in [1.54, 1.807) is 6.26 Å². The second-order valence-electron chi connectivity index (χ2n) is 5.86. The lowest BCUT2D eigenvalue weighted by molar-refractivity contribution is 0.146. The van der Waals surface area contributed by atoms with Crippen molar-refractivity contribution in [1.82, 2.24) is 15.5 Å². The fraction of sp³-hybridized carbons (Fsp3) is 0.706. The van der Waals surface area contributed by atoms with Crippen LogP contribution in [0.15, 0.2) is 27.8 Å². The summed E-state index contributed by atoms with van der Waals surface area (Å²) in [7, 11) is 1.82. The van der Waals surface area contributed by atoms with Crippen LogP contribution >= 0.6 is 24.0 Å². The standard InChI is InChI=1S/C17H30N4O.HI/c1-3-4-10-19-17(18-2)20-14-15(16-9-8-13-22-16)21-11-6-5-7-12-21;/h8-9,13,15H,3-7,10-12,14H2,1-2H3,(H2,18,19,20);1H. The molecule has 132 valence electrons. The Morgan fingerprint density at radius 3 is 2.70 bits per heavy atom. The van der Waals surface area contributed by atoms with Crippen LogP contribution in [0.25, 0.3) is 0 Å². The number of aliphatic imine (C=N–C) groups is 1. The van der Waals surface area contributed by atoms with Gasteiger partial charge in [-0.15, -0.1) is 24.0 Å². The fourth-order valence-electron chi connectivity index (χ4n) is 2.92. The van der Waals surface area contributed by atoms with Crippen LogP contribution in [-0.2, 0) is 0 Å². The van der Waals surface area contributed by atoms with E-state index in [1.807, 2.05) is 13.1 Å². The normalized spacial score (nSPS) is 17.4. The molecule has 0 aromatic carbocycles. The lowest BCUT2D eigenvalue weighted by atomic mass is 10.1. The smallest absolute Gasteiger partial charge is 0.191 e. The number of guanidine groups is 1. The van der Waals surface area contributed by atoms with Crippen molar-refractivity contribution < 1.29 is 4.42 Å². The maximum Gasteiger partial charge on any atom is 0.191 e. The summed E-state index contributed by atoms with van der Waals surface area (Å²) in [4.78, 5) is 6.83. The monoisotopic (exact) mass is 434 g/mol. The van der Waals surface area contributed by atoms with E-state index >= 15 is 0 Å². The predicted octanol–water partition coefficient (Wildman–Crippen LogP) is 3.39. The lowest BCUT2D eigenvalue weighted by Gasteiger charge is -2.33. The molecular formula is C17H31IN4O. The van der Waals surface area contributed by atoms with Crippen LogP contribution in [0, 0.1) is 0 Å². The van der Waals surface area contributed by atoms with Gasteiger partial charge in [-0.25, -0.2) is 0 Å². The first-order valence-electron chi connectivity index (χ1n) is 8.57. The number of furan rings is 1. The summed E-state index contributed by atoms with van der Waals surface area (Å²) in [6.07, 6.45) is 8.01. The Bertz CT molecular complexity index is 430. The molecule has 1 atom stereocenters. The number of piperidine rings is 1. The molecule has 1 aromatic rings. The lowest BCUT2D eigenvalue weighted by Crippen LogP contribution is -2.44. The minimum atomic E-state index is 0. The first kappa shape index (κ1) is 20.3. The van der Waals surface area contributed by atoms with Gasteiger partial charge in [0.1, 0.15) is 5.76 Å². The average molecular weight is 434 g/mol. The van der Waals surface area contributed by atoms with Gasteiger partial charge in [-0.1, -0.05) is 19.8 Å². The molecule has 1 aromatic heterocycles. The van der Waals surface area contributed by atoms with Gasteiger partial charge in [-0.2, -0.15) is 0 Å². The molecule has 1 saturated heterocycles. The van der Waals surface area contributed by atoms with Crippen LogP contribution in [0.5, 0.6) is 0 Å². The summed E-state index contributed by atoms with van der Waals surface area (Å²) in [5.41, 5.74) is 0. The summed E-state index contributed by atoms with van der Waals surface area (Å²) in [6, 6.07) is 4.33. The van der Waals surface area contributed by atoms with E-state index in [0.717, 1.165) is 44.3 Å². The molecule has 0 radical (unpaired) electrons. The molecule has 23 heavy (non-hydrogen) atoms. The quantitative estimate of drug-likeness (QED) is 0.299. The highest BCUT2D eigenvalue weighted by atomic mass is 127. The molecule has 1 aliphatic rings. The number of halogens is 1. The van der Waals surface area contributed by atoms with E-state index in [1.165, 1.54) is 25.7 Å². The number of likely N-dealkylation sites (tertiary alicyclic amines) is 1. The molecule has 0 amide bonds. The maximum atomic E-state index is 5.67. The molecule has 1 fully saturated rings. The highest BCUT2D eigenvalue weighted by molar-refractivity contribution is 14.0. The van der Waals surface area contributed by atoms with Crippen LogP contribution in [0.2, 0.25) is 0 Å². The predicted molar refractivity (Wildman–Crippen MR) is 107 cm³/mol. The molecule has 0 aliphatic carbocycles. The number of nitrogens with zero attached hydrogens (tertiary/aromatic N) is 2. The molecule has 1 aliphatic heterocycles. The molecule has 0 bridgehead atoms. The van der Waals surface area contributed by atoms with Crippen molar-refractivity contribution in [2.75, 3.05) is 33.2 Å². The minimum Gasteiger partial charge on any atom is -0.468 e. The molecular weight excluding hydrogens is 403 g/mol. The van der Waals surface area contributed by atoms with Crippen molar-refractivity contribution in [3.8, 4) is 0 Å². The Kier molecular flexibility index (Phi) is 10.3. The van der Waals surface area contributed by atoms with Gasteiger partial charge in [0.05, 0.1) is 12.3 Å². The molecule has 2 heterocycles. The fourth-order valence-corrected chi connectivity index (χ4v) is 2.92. The van der Waals surface area contributed by atoms with Gasteiger partial charge in [0.2, 0.25) is 0 Å². The summed E-state index contributed by atoms with van der Waals surface area (Å²) in [6.45, 7) is 6.27. The number of nitrogens with one attached hydrogen (secondary N) is 2. The number of hydrogen-bond donors (Lipinski definition) is 2. The molecule has 6 heteroatoms.